The van der Waals surface area contributed by atoms with Gasteiger partial charge >= 0.3 is 11.9 Å². The summed E-state index contributed by atoms with van der Waals surface area (Å²) in [5.41, 5.74) is 15.7. The Morgan fingerprint density at radius 3 is 2.07 bits per heavy atom. The second-order valence-electron chi connectivity index (χ2n) is 9.64. The largest absolute Gasteiger partial charge is 0.481 e. The smallest absolute Gasteiger partial charge is 0.328 e. The molecule has 0 spiro atoms. The highest BCUT2D eigenvalue weighted by Gasteiger charge is 2.44. The molecule has 0 radical (unpaired) electrons. The number of aliphatic hydroxyl groups is 4. The fourth-order valence-corrected chi connectivity index (χ4v) is 3.79. The molecule has 0 aromatic carbocycles. The summed E-state index contributed by atoms with van der Waals surface area (Å²) < 4.78 is 10.2. The highest BCUT2D eigenvalue weighted by Crippen LogP contribution is 2.22. The van der Waals surface area contributed by atoms with Crippen LogP contribution in [0.4, 0.5) is 0 Å². The summed E-state index contributed by atoms with van der Waals surface area (Å²) in [6.07, 6.45) is -9.22. The van der Waals surface area contributed by atoms with Crippen LogP contribution in [0.1, 0.15) is 19.3 Å². The average molecular weight is 653 g/mol. The molecule has 0 saturated carbocycles. The van der Waals surface area contributed by atoms with Gasteiger partial charge in [-0.05, 0) is 12.8 Å². The standard InChI is InChI=1S/C23H40N8O14/c24-5-13(33)29-9(2-1-3-27-23(25)26)19(40)28-6-14(34)30-10(4-15(35)36)20(41)31-11(21(42)43)8-44-22-18(39)17(38)16(37)12(7-32)45-22/h9-12,16-18,22,32,37-39H,1-8,24H2,(H,28,40)(H,29,33)(H,30,34)(H,31,41)(H,35,36)(H,42,43)(H4,25,26,27)/t9-,10-,11-,12+,16+,17-,18+,22+/m0/s1. The molecule has 0 aromatic rings. The van der Waals surface area contributed by atoms with Gasteiger partial charge in [-0.25, -0.2) is 4.79 Å². The quantitative estimate of drug-likeness (QED) is 0.0350. The van der Waals surface area contributed by atoms with E-state index in [1.54, 1.807) is 0 Å². The second kappa shape index (κ2) is 19.3. The summed E-state index contributed by atoms with van der Waals surface area (Å²) in [6.45, 7) is -2.79. The van der Waals surface area contributed by atoms with Gasteiger partial charge in [-0.1, -0.05) is 0 Å². The number of carbonyl (C=O) groups excluding carboxylic acids is 4. The summed E-state index contributed by atoms with van der Waals surface area (Å²) >= 11 is 0. The second-order valence-corrected chi connectivity index (χ2v) is 9.64. The zero-order chi connectivity index (χ0) is 34.3. The molecule has 16 N–H and O–H groups in total. The third-order valence-corrected chi connectivity index (χ3v) is 6.13. The lowest BCUT2D eigenvalue weighted by molar-refractivity contribution is -0.301. The van der Waals surface area contributed by atoms with Crippen molar-refractivity contribution in [3.63, 3.8) is 0 Å². The van der Waals surface area contributed by atoms with E-state index in [2.05, 4.69) is 20.9 Å². The number of carboxylic acids is 2. The number of nitrogens with zero attached hydrogens (tertiary/aromatic N) is 1. The number of hydrogen-bond donors (Lipinski definition) is 13. The molecule has 1 fully saturated rings. The number of aliphatic carboxylic acids is 2. The van der Waals surface area contributed by atoms with Gasteiger partial charge in [0, 0.05) is 6.54 Å². The molecule has 0 bridgehead atoms. The van der Waals surface area contributed by atoms with Gasteiger partial charge in [0.15, 0.2) is 18.3 Å². The maximum absolute atomic E-state index is 12.8. The first-order valence-electron chi connectivity index (χ1n) is 13.4. The van der Waals surface area contributed by atoms with Crippen molar-refractivity contribution < 1.29 is 68.9 Å². The minimum atomic E-state index is -1.90. The molecule has 256 valence electrons. The average Bonchev–Trinajstić information content (AvgIpc) is 2.97. The Morgan fingerprint density at radius 1 is 0.867 bits per heavy atom. The first-order chi connectivity index (χ1) is 21.1. The fraction of sp³-hybridized carbons (Fsp3) is 0.696. The Morgan fingerprint density at radius 2 is 1.51 bits per heavy atom. The molecule has 1 aliphatic heterocycles. The minimum absolute atomic E-state index is 0.0434. The van der Waals surface area contributed by atoms with Crippen LogP contribution in [0.25, 0.3) is 0 Å². The molecule has 0 aliphatic carbocycles. The van der Waals surface area contributed by atoms with Crippen molar-refractivity contribution in [2.75, 3.05) is 32.8 Å². The number of aliphatic imine (C=N–C) groups is 1. The van der Waals surface area contributed by atoms with Crippen molar-refractivity contribution in [3.05, 3.63) is 0 Å². The number of amides is 4. The van der Waals surface area contributed by atoms with E-state index in [0.29, 0.717) is 0 Å². The fourth-order valence-electron chi connectivity index (χ4n) is 3.79. The summed E-state index contributed by atoms with van der Waals surface area (Å²) in [5.74, 6) is -7.28. The molecule has 1 saturated heterocycles. The van der Waals surface area contributed by atoms with Crippen molar-refractivity contribution in [1.29, 1.82) is 0 Å². The van der Waals surface area contributed by atoms with E-state index < -0.39 is 117 Å². The number of carboxylic acid groups (broad SMARTS) is 2. The topological polar surface area (TPSA) is 381 Å². The molecule has 4 amide bonds. The van der Waals surface area contributed by atoms with E-state index in [9.17, 15) is 59.4 Å². The van der Waals surface area contributed by atoms with Crippen LogP contribution in [-0.2, 0) is 38.2 Å². The van der Waals surface area contributed by atoms with Gasteiger partial charge in [-0.3, -0.25) is 29.0 Å². The van der Waals surface area contributed by atoms with Crippen molar-refractivity contribution >= 4 is 41.5 Å². The normalized spacial score (nSPS) is 23.0. The van der Waals surface area contributed by atoms with Crippen LogP contribution in [0.2, 0.25) is 0 Å². The van der Waals surface area contributed by atoms with Gasteiger partial charge in [0.05, 0.1) is 32.7 Å². The number of guanidine groups is 1. The number of nitrogens with two attached hydrogens (primary N) is 3. The lowest BCUT2D eigenvalue weighted by atomic mass is 9.99. The SMILES string of the molecule is NCC(=O)N[C@@H](CCCN=C(N)N)C(=O)NCC(=O)N[C@@H](CC(=O)O)C(=O)N[C@@H](CO[C@@H]1O[C@H](CO)[C@@H](O)[C@H](O)[C@H]1O)C(=O)O. The van der Waals surface area contributed by atoms with Crippen molar-refractivity contribution in [2.45, 2.75) is 68.1 Å². The Kier molecular flexibility index (Phi) is 16.6. The van der Waals surface area contributed by atoms with E-state index in [4.69, 9.17) is 26.7 Å². The zero-order valence-corrected chi connectivity index (χ0v) is 23.9. The number of carbonyl (C=O) groups is 6. The van der Waals surface area contributed by atoms with E-state index in [-0.39, 0.29) is 25.3 Å². The van der Waals surface area contributed by atoms with Crippen LogP contribution in [-0.4, -0.2) is 154 Å². The van der Waals surface area contributed by atoms with Crippen LogP contribution in [0.3, 0.4) is 0 Å². The number of aliphatic hydroxyl groups excluding tert-OH is 4. The van der Waals surface area contributed by atoms with Crippen LogP contribution in [0, 0.1) is 0 Å². The van der Waals surface area contributed by atoms with Crippen molar-refractivity contribution in [2.24, 2.45) is 22.2 Å². The van der Waals surface area contributed by atoms with E-state index in [1.165, 1.54) is 0 Å². The molecule has 8 atom stereocenters. The van der Waals surface area contributed by atoms with E-state index in [1.807, 2.05) is 5.32 Å². The van der Waals surface area contributed by atoms with Crippen molar-refractivity contribution in [1.82, 2.24) is 21.3 Å². The molecule has 0 unspecified atom stereocenters. The Hall–Kier alpha value is -4.19. The highest BCUT2D eigenvalue weighted by molar-refractivity contribution is 5.95. The molecule has 22 heteroatoms. The molecule has 1 heterocycles. The van der Waals surface area contributed by atoms with Gasteiger partial charge < -0.3 is 78.6 Å². The number of rotatable bonds is 19. The van der Waals surface area contributed by atoms with Crippen LogP contribution >= 0.6 is 0 Å². The van der Waals surface area contributed by atoms with Gasteiger partial charge in [0.25, 0.3) is 0 Å². The minimum Gasteiger partial charge on any atom is -0.481 e. The summed E-state index contributed by atoms with van der Waals surface area (Å²) in [4.78, 5) is 76.3. The predicted octanol–water partition coefficient (Wildman–Crippen LogP) is -8.05. The Balaban J connectivity index is 2.83. The number of ether oxygens (including phenoxy) is 2. The molecular weight excluding hydrogens is 612 g/mol. The summed E-state index contributed by atoms with van der Waals surface area (Å²) in [6, 6.07) is -4.89. The molecule has 0 aromatic heterocycles. The molecule has 1 rings (SSSR count). The Labute approximate surface area is 255 Å². The molecule has 1 aliphatic rings. The highest BCUT2D eigenvalue weighted by atomic mass is 16.7. The van der Waals surface area contributed by atoms with E-state index >= 15 is 0 Å². The first-order valence-corrected chi connectivity index (χ1v) is 13.4. The summed E-state index contributed by atoms with van der Waals surface area (Å²) in [7, 11) is 0. The summed E-state index contributed by atoms with van der Waals surface area (Å²) in [5, 5.41) is 66.2. The first kappa shape index (κ1) is 38.8. The number of hydrogen-bond acceptors (Lipinski definition) is 14. The van der Waals surface area contributed by atoms with Crippen molar-refractivity contribution in [3.8, 4) is 0 Å². The predicted molar refractivity (Wildman–Crippen MR) is 147 cm³/mol. The van der Waals surface area contributed by atoms with Crippen LogP contribution in [0.5, 0.6) is 0 Å². The molecule has 22 nitrogen and oxygen atoms in total. The zero-order valence-electron chi connectivity index (χ0n) is 23.9. The number of nitrogens with one attached hydrogen (secondary N) is 4. The lowest BCUT2D eigenvalue weighted by Crippen LogP contribution is -2.60. The maximum Gasteiger partial charge on any atom is 0.328 e. The van der Waals surface area contributed by atoms with Gasteiger partial charge in [-0.15, -0.1) is 0 Å². The lowest BCUT2D eigenvalue weighted by Gasteiger charge is -2.39. The Bertz CT molecular complexity index is 1070. The van der Waals surface area contributed by atoms with Crippen LogP contribution < -0.4 is 38.5 Å². The monoisotopic (exact) mass is 652 g/mol. The van der Waals surface area contributed by atoms with Gasteiger partial charge in [0.2, 0.25) is 23.6 Å². The van der Waals surface area contributed by atoms with Gasteiger partial charge in [0.1, 0.15) is 36.5 Å². The third kappa shape index (κ3) is 13.5. The van der Waals surface area contributed by atoms with Gasteiger partial charge in [-0.2, -0.15) is 0 Å². The maximum atomic E-state index is 12.8. The molecule has 45 heavy (non-hydrogen) atoms. The third-order valence-electron chi connectivity index (χ3n) is 6.13. The molecular formula is C23H40N8O14. The van der Waals surface area contributed by atoms with E-state index in [0.717, 1.165) is 0 Å². The van der Waals surface area contributed by atoms with Crippen LogP contribution in [0.15, 0.2) is 4.99 Å².